The van der Waals surface area contributed by atoms with E-state index < -0.39 is 0 Å². The van der Waals surface area contributed by atoms with Crippen LogP contribution in [0.2, 0.25) is 0 Å². The van der Waals surface area contributed by atoms with E-state index in [2.05, 4.69) is 12.2 Å². The molecule has 0 aromatic heterocycles. The Morgan fingerprint density at radius 2 is 2.11 bits per heavy atom. The van der Waals surface area contributed by atoms with Crippen LogP contribution in [-0.4, -0.2) is 19.8 Å². The predicted octanol–water partition coefficient (Wildman–Crippen LogP) is 3.33. The van der Waals surface area contributed by atoms with E-state index in [-0.39, 0.29) is 0 Å². The number of benzene rings is 1. The zero-order valence-electron chi connectivity index (χ0n) is 10.9. The summed E-state index contributed by atoms with van der Waals surface area (Å²) in [6.07, 6.45) is 1.75. The highest BCUT2D eigenvalue weighted by molar-refractivity contribution is 6.25. The van der Waals surface area contributed by atoms with Crippen molar-refractivity contribution < 1.29 is 9.47 Å². The van der Waals surface area contributed by atoms with Gasteiger partial charge in [0.2, 0.25) is 0 Å². The largest absolute Gasteiger partial charge is 0.490 e. The summed E-state index contributed by atoms with van der Waals surface area (Å²) in [5.41, 5.74) is 2.54. The molecule has 100 valence electrons. The summed E-state index contributed by atoms with van der Waals surface area (Å²) in [5.74, 6) is 1.56. The second-order valence-electron chi connectivity index (χ2n) is 3.63. The predicted molar refractivity (Wildman–Crippen MR) is 75.5 cm³/mol. The van der Waals surface area contributed by atoms with Crippen molar-refractivity contribution in [2.24, 2.45) is 0 Å². The van der Waals surface area contributed by atoms with Gasteiger partial charge in [0.05, 0.1) is 6.61 Å². The Hall–Kier alpha value is -1.19. The molecular formula is C14H20ClNO2. The van der Waals surface area contributed by atoms with Crippen LogP contribution in [-0.2, 0) is 6.54 Å². The molecule has 0 spiro atoms. The Labute approximate surface area is 114 Å². The second kappa shape index (κ2) is 8.84. The van der Waals surface area contributed by atoms with Gasteiger partial charge in [0.1, 0.15) is 6.61 Å². The molecule has 0 unspecified atom stereocenters. The van der Waals surface area contributed by atoms with E-state index >= 15 is 0 Å². The van der Waals surface area contributed by atoms with Crippen molar-refractivity contribution >= 4 is 11.6 Å². The maximum absolute atomic E-state index is 5.72. The van der Waals surface area contributed by atoms with E-state index in [1.807, 2.05) is 25.1 Å². The van der Waals surface area contributed by atoms with Crippen LogP contribution in [0.1, 0.15) is 19.4 Å². The van der Waals surface area contributed by atoms with Crippen molar-refractivity contribution in [3.05, 3.63) is 35.4 Å². The van der Waals surface area contributed by atoms with Gasteiger partial charge in [-0.2, -0.15) is 0 Å². The van der Waals surface area contributed by atoms with Gasteiger partial charge in [0.25, 0.3) is 0 Å². The lowest BCUT2D eigenvalue weighted by atomic mass is 10.2. The SMILES string of the molecule is CCNCc1cccc(OCC)c1OC/C=C/Cl. The lowest BCUT2D eigenvalue weighted by Crippen LogP contribution is -2.13. The molecule has 18 heavy (non-hydrogen) atoms. The molecule has 1 aromatic carbocycles. The number of hydrogen-bond donors (Lipinski definition) is 1. The first kappa shape index (κ1) is 14.9. The Kier molecular flexibility index (Phi) is 7.30. The lowest BCUT2D eigenvalue weighted by molar-refractivity contribution is 0.294. The van der Waals surface area contributed by atoms with Gasteiger partial charge in [-0.3, -0.25) is 0 Å². The highest BCUT2D eigenvalue weighted by Gasteiger charge is 2.10. The minimum atomic E-state index is 0.437. The van der Waals surface area contributed by atoms with Gasteiger partial charge in [-0.25, -0.2) is 0 Å². The molecule has 1 N–H and O–H groups in total. The number of hydrogen-bond acceptors (Lipinski definition) is 3. The number of para-hydroxylation sites is 1. The Morgan fingerprint density at radius 3 is 2.78 bits per heavy atom. The molecule has 0 radical (unpaired) electrons. The third-order valence-electron chi connectivity index (χ3n) is 2.34. The summed E-state index contributed by atoms with van der Waals surface area (Å²) in [4.78, 5) is 0. The lowest BCUT2D eigenvalue weighted by Gasteiger charge is -2.15. The smallest absolute Gasteiger partial charge is 0.166 e. The van der Waals surface area contributed by atoms with Crippen molar-refractivity contribution in [3.63, 3.8) is 0 Å². The van der Waals surface area contributed by atoms with Crippen LogP contribution in [0.15, 0.2) is 29.8 Å². The third-order valence-corrected chi connectivity index (χ3v) is 2.52. The third kappa shape index (κ3) is 4.59. The molecule has 0 aliphatic heterocycles. The Balaban J connectivity index is 2.88. The van der Waals surface area contributed by atoms with Gasteiger partial charge in [-0.1, -0.05) is 30.7 Å². The fourth-order valence-electron chi connectivity index (χ4n) is 1.56. The fourth-order valence-corrected chi connectivity index (χ4v) is 1.63. The van der Waals surface area contributed by atoms with Crippen molar-refractivity contribution in [1.82, 2.24) is 5.32 Å². The number of nitrogens with one attached hydrogen (secondary N) is 1. The summed E-state index contributed by atoms with van der Waals surface area (Å²) < 4.78 is 11.3. The van der Waals surface area contributed by atoms with Crippen LogP contribution in [0.3, 0.4) is 0 Å². The van der Waals surface area contributed by atoms with Crippen molar-refractivity contribution in [2.75, 3.05) is 19.8 Å². The van der Waals surface area contributed by atoms with Crippen LogP contribution < -0.4 is 14.8 Å². The summed E-state index contributed by atoms with van der Waals surface area (Å²) in [6.45, 7) is 6.76. The summed E-state index contributed by atoms with van der Waals surface area (Å²) in [6, 6.07) is 5.92. The van der Waals surface area contributed by atoms with Crippen LogP contribution in [0, 0.1) is 0 Å². The van der Waals surface area contributed by atoms with Gasteiger partial charge in [0, 0.05) is 17.6 Å². The van der Waals surface area contributed by atoms with E-state index in [0.29, 0.717) is 13.2 Å². The van der Waals surface area contributed by atoms with E-state index in [0.717, 1.165) is 30.2 Å². The van der Waals surface area contributed by atoms with Gasteiger partial charge in [-0.15, -0.1) is 0 Å². The van der Waals surface area contributed by atoms with Crippen LogP contribution in [0.4, 0.5) is 0 Å². The highest BCUT2D eigenvalue weighted by Crippen LogP contribution is 2.31. The van der Waals surface area contributed by atoms with Gasteiger partial charge < -0.3 is 14.8 Å². The zero-order valence-corrected chi connectivity index (χ0v) is 11.7. The molecule has 0 atom stereocenters. The van der Waals surface area contributed by atoms with E-state index in [1.54, 1.807) is 6.08 Å². The standard InChI is InChI=1S/C14H20ClNO2/c1-3-16-11-12-7-5-8-13(17-4-2)14(12)18-10-6-9-15/h5-9,16H,3-4,10-11H2,1-2H3/b9-6+. The molecule has 4 heteroatoms. The maximum Gasteiger partial charge on any atom is 0.166 e. The molecule has 1 aromatic rings. The Morgan fingerprint density at radius 1 is 1.28 bits per heavy atom. The van der Waals surface area contributed by atoms with E-state index in [4.69, 9.17) is 21.1 Å². The molecule has 0 heterocycles. The minimum Gasteiger partial charge on any atom is -0.490 e. The average Bonchev–Trinajstić information content (AvgIpc) is 2.39. The highest BCUT2D eigenvalue weighted by atomic mass is 35.5. The molecule has 0 amide bonds. The second-order valence-corrected chi connectivity index (χ2v) is 3.88. The summed E-state index contributed by atoms with van der Waals surface area (Å²) >= 11 is 5.49. The molecule has 1 rings (SSSR count). The van der Waals surface area contributed by atoms with Crippen molar-refractivity contribution in [1.29, 1.82) is 0 Å². The number of halogens is 1. The molecule has 0 fully saturated rings. The molecule has 0 aliphatic rings. The first-order chi connectivity index (χ1) is 8.83. The van der Waals surface area contributed by atoms with E-state index in [1.165, 1.54) is 5.54 Å². The minimum absolute atomic E-state index is 0.437. The Bertz CT molecular complexity index is 380. The van der Waals surface area contributed by atoms with Crippen molar-refractivity contribution in [2.45, 2.75) is 20.4 Å². The quantitative estimate of drug-likeness (QED) is 0.785. The topological polar surface area (TPSA) is 30.5 Å². The molecule has 0 bridgehead atoms. The molecular weight excluding hydrogens is 250 g/mol. The van der Waals surface area contributed by atoms with E-state index in [9.17, 15) is 0 Å². The molecule has 0 saturated carbocycles. The van der Waals surface area contributed by atoms with Gasteiger partial charge in [0.15, 0.2) is 11.5 Å². The first-order valence-corrected chi connectivity index (χ1v) is 6.60. The van der Waals surface area contributed by atoms with Crippen LogP contribution in [0.5, 0.6) is 11.5 Å². The molecule has 0 saturated heterocycles. The number of rotatable bonds is 8. The average molecular weight is 270 g/mol. The summed E-state index contributed by atoms with van der Waals surface area (Å²) in [7, 11) is 0. The van der Waals surface area contributed by atoms with Crippen LogP contribution in [0.25, 0.3) is 0 Å². The van der Waals surface area contributed by atoms with Gasteiger partial charge in [-0.05, 0) is 25.6 Å². The fraction of sp³-hybridized carbons (Fsp3) is 0.429. The molecule has 0 aliphatic carbocycles. The van der Waals surface area contributed by atoms with Crippen molar-refractivity contribution in [3.8, 4) is 11.5 Å². The number of ether oxygens (including phenoxy) is 2. The van der Waals surface area contributed by atoms with Gasteiger partial charge >= 0.3 is 0 Å². The normalized spacial score (nSPS) is 10.8. The molecule has 3 nitrogen and oxygen atoms in total. The monoisotopic (exact) mass is 269 g/mol. The summed E-state index contributed by atoms with van der Waals surface area (Å²) in [5, 5.41) is 3.29. The van der Waals surface area contributed by atoms with Crippen LogP contribution >= 0.6 is 11.6 Å². The maximum atomic E-state index is 5.72. The first-order valence-electron chi connectivity index (χ1n) is 6.16. The zero-order chi connectivity index (χ0) is 13.2.